The van der Waals surface area contributed by atoms with E-state index in [9.17, 15) is 9.59 Å². The average molecular weight is 236 g/mol. The summed E-state index contributed by atoms with van der Waals surface area (Å²) in [6, 6.07) is -0.0427. The van der Waals surface area contributed by atoms with Crippen molar-refractivity contribution in [3.8, 4) is 0 Å². The Balaban J connectivity index is 2.05. The van der Waals surface area contributed by atoms with E-state index in [0.717, 1.165) is 6.54 Å². The predicted octanol–water partition coefficient (Wildman–Crippen LogP) is -0.371. The van der Waals surface area contributed by atoms with Crippen molar-refractivity contribution in [2.45, 2.75) is 24.7 Å². The van der Waals surface area contributed by atoms with Gasteiger partial charge >= 0.3 is 0 Å². The van der Waals surface area contributed by atoms with Gasteiger partial charge in [-0.2, -0.15) is 0 Å². The van der Waals surface area contributed by atoms with Crippen molar-refractivity contribution in [2.75, 3.05) is 20.6 Å². The Kier molecular flexibility index (Phi) is 2.04. The smallest absolute Gasteiger partial charge is 0.258 e. The third kappa shape index (κ3) is 1.21. The van der Waals surface area contributed by atoms with Crippen molar-refractivity contribution in [1.29, 1.82) is 0 Å². The van der Waals surface area contributed by atoms with Crippen LogP contribution in [0.25, 0.3) is 0 Å². The summed E-state index contributed by atoms with van der Waals surface area (Å²) in [6.07, 6.45) is 3.40. The van der Waals surface area contributed by atoms with Crippen molar-refractivity contribution in [3.63, 3.8) is 0 Å². The topological polar surface area (TPSA) is 49.9 Å². The van der Waals surface area contributed by atoms with Gasteiger partial charge < -0.3 is 4.74 Å². The number of hydrogen-bond acceptors (Lipinski definition) is 4. The van der Waals surface area contributed by atoms with E-state index < -0.39 is 11.7 Å². The Labute approximate surface area is 100 Å². The molecule has 92 valence electrons. The van der Waals surface area contributed by atoms with Crippen LogP contribution >= 0.6 is 0 Å². The second-order valence-electron chi connectivity index (χ2n) is 5.27. The highest BCUT2D eigenvalue weighted by Crippen LogP contribution is 2.45. The molecule has 0 bridgehead atoms. The molecular weight excluding hydrogens is 220 g/mol. The van der Waals surface area contributed by atoms with Gasteiger partial charge in [-0.1, -0.05) is 12.2 Å². The monoisotopic (exact) mass is 236 g/mol. The van der Waals surface area contributed by atoms with Gasteiger partial charge in [0.1, 0.15) is 5.60 Å². The van der Waals surface area contributed by atoms with Crippen molar-refractivity contribution in [1.82, 2.24) is 9.80 Å². The van der Waals surface area contributed by atoms with Crippen LogP contribution in [0, 0.1) is 5.92 Å². The van der Waals surface area contributed by atoms with E-state index in [2.05, 4.69) is 4.90 Å². The van der Waals surface area contributed by atoms with Gasteiger partial charge in [-0.15, -0.1) is 0 Å². The molecule has 3 rings (SSSR count). The van der Waals surface area contributed by atoms with Crippen LogP contribution in [0.4, 0.5) is 0 Å². The normalized spacial score (nSPS) is 45.4. The van der Waals surface area contributed by atoms with Crippen molar-refractivity contribution in [3.05, 3.63) is 12.2 Å². The number of likely N-dealkylation sites (tertiary alicyclic amines) is 1. The minimum atomic E-state index is -0.604. The summed E-state index contributed by atoms with van der Waals surface area (Å²) in [5.74, 6) is -0.680. The quantitative estimate of drug-likeness (QED) is 0.425. The fourth-order valence-corrected chi connectivity index (χ4v) is 3.35. The van der Waals surface area contributed by atoms with Crippen molar-refractivity contribution in [2.24, 2.45) is 5.92 Å². The number of fused-ring (bicyclic) bond motifs is 3. The highest BCUT2D eigenvalue weighted by atomic mass is 16.5. The second-order valence-corrected chi connectivity index (χ2v) is 5.27. The van der Waals surface area contributed by atoms with Crippen LogP contribution in [-0.4, -0.2) is 60.0 Å². The SMILES string of the molecule is CN1C(=O)C2OC3(C)C=CCN(C)C3C2C1=O. The van der Waals surface area contributed by atoms with E-state index >= 15 is 0 Å². The lowest BCUT2D eigenvalue weighted by atomic mass is 9.84. The fraction of sp³-hybridized carbons (Fsp3) is 0.667. The second kappa shape index (κ2) is 3.17. The largest absolute Gasteiger partial charge is 0.356 e. The minimum Gasteiger partial charge on any atom is -0.356 e. The molecule has 4 atom stereocenters. The molecule has 0 aromatic rings. The lowest BCUT2D eigenvalue weighted by Gasteiger charge is -2.39. The van der Waals surface area contributed by atoms with Gasteiger partial charge in [-0.3, -0.25) is 19.4 Å². The Bertz CT molecular complexity index is 433. The molecular formula is C12H16N2O3. The highest BCUT2D eigenvalue weighted by molar-refractivity contribution is 6.07. The number of likely N-dealkylation sites (N-methyl/N-ethyl adjacent to an activating group) is 2. The van der Waals surface area contributed by atoms with Gasteiger partial charge in [0.05, 0.1) is 12.0 Å². The number of imide groups is 1. The average Bonchev–Trinajstić information content (AvgIpc) is 2.69. The van der Waals surface area contributed by atoms with Crippen LogP contribution < -0.4 is 0 Å². The van der Waals surface area contributed by atoms with Crippen molar-refractivity contribution < 1.29 is 14.3 Å². The number of nitrogens with zero attached hydrogens (tertiary/aromatic N) is 2. The maximum atomic E-state index is 12.1. The van der Waals surface area contributed by atoms with Gasteiger partial charge in [0.25, 0.3) is 5.91 Å². The zero-order valence-electron chi connectivity index (χ0n) is 10.2. The van der Waals surface area contributed by atoms with E-state index in [1.807, 2.05) is 26.1 Å². The maximum absolute atomic E-state index is 12.1. The first-order chi connectivity index (χ1) is 7.96. The van der Waals surface area contributed by atoms with E-state index in [1.54, 1.807) is 0 Å². The molecule has 2 amide bonds. The van der Waals surface area contributed by atoms with E-state index in [4.69, 9.17) is 4.74 Å². The number of rotatable bonds is 0. The molecule has 0 radical (unpaired) electrons. The van der Waals surface area contributed by atoms with Gasteiger partial charge in [0.2, 0.25) is 5.91 Å². The first-order valence-electron chi connectivity index (χ1n) is 5.83. The van der Waals surface area contributed by atoms with Crippen LogP contribution in [0.15, 0.2) is 12.2 Å². The van der Waals surface area contributed by atoms with E-state index in [0.29, 0.717) is 0 Å². The molecule has 3 aliphatic rings. The molecule has 5 nitrogen and oxygen atoms in total. The molecule has 0 saturated carbocycles. The summed E-state index contributed by atoms with van der Waals surface area (Å²) in [5.41, 5.74) is -0.519. The molecule has 0 N–H and O–H groups in total. The van der Waals surface area contributed by atoms with Gasteiger partial charge in [0, 0.05) is 13.6 Å². The Morgan fingerprint density at radius 1 is 1.35 bits per heavy atom. The van der Waals surface area contributed by atoms with Gasteiger partial charge in [-0.25, -0.2) is 0 Å². The lowest BCUT2D eigenvalue weighted by Crippen LogP contribution is -2.53. The molecule has 0 aromatic heterocycles. The molecule has 4 unspecified atom stereocenters. The summed E-state index contributed by atoms with van der Waals surface area (Å²) in [5, 5.41) is 0. The summed E-state index contributed by atoms with van der Waals surface area (Å²) in [7, 11) is 3.50. The zero-order valence-corrected chi connectivity index (χ0v) is 10.2. The number of carbonyl (C=O) groups excluding carboxylic acids is 2. The molecule has 3 heterocycles. The molecule has 0 aromatic carbocycles. The lowest BCUT2D eigenvalue weighted by molar-refractivity contribution is -0.145. The van der Waals surface area contributed by atoms with Gasteiger partial charge in [-0.05, 0) is 14.0 Å². The van der Waals surface area contributed by atoms with Crippen LogP contribution in [0.3, 0.4) is 0 Å². The molecule has 17 heavy (non-hydrogen) atoms. The van der Waals surface area contributed by atoms with Crippen LogP contribution in [0.5, 0.6) is 0 Å². The Hall–Kier alpha value is -1.20. The van der Waals surface area contributed by atoms with Crippen LogP contribution in [0.1, 0.15) is 6.92 Å². The van der Waals surface area contributed by atoms with Gasteiger partial charge in [0.15, 0.2) is 6.10 Å². The summed E-state index contributed by atoms with van der Waals surface area (Å²) >= 11 is 0. The first-order valence-corrected chi connectivity index (χ1v) is 5.83. The van der Waals surface area contributed by atoms with Crippen molar-refractivity contribution >= 4 is 11.8 Å². The minimum absolute atomic E-state index is 0.0427. The van der Waals surface area contributed by atoms with E-state index in [1.165, 1.54) is 11.9 Å². The zero-order chi connectivity index (χ0) is 12.4. The van der Waals surface area contributed by atoms with E-state index in [-0.39, 0.29) is 23.8 Å². The summed E-state index contributed by atoms with van der Waals surface area (Å²) in [6.45, 7) is 2.74. The summed E-state index contributed by atoms with van der Waals surface area (Å²) in [4.78, 5) is 27.3. The molecule has 0 spiro atoms. The highest BCUT2D eigenvalue weighted by Gasteiger charge is 2.63. The molecule has 2 saturated heterocycles. The first kappa shape index (κ1) is 10.9. The standard InChI is InChI=1S/C12H16N2O3/c1-12-5-4-6-13(2)9(12)7-8(17-12)11(16)14(3)10(7)15/h4-5,7-9H,6H2,1-3H3. The maximum Gasteiger partial charge on any atom is 0.258 e. The number of carbonyl (C=O) groups is 2. The third-order valence-corrected chi connectivity index (χ3v) is 4.14. The summed E-state index contributed by atoms with van der Waals surface area (Å²) < 4.78 is 5.86. The Morgan fingerprint density at radius 3 is 2.76 bits per heavy atom. The predicted molar refractivity (Wildman–Crippen MR) is 60.1 cm³/mol. The number of ether oxygens (including phenoxy) is 1. The van der Waals surface area contributed by atoms with Crippen LogP contribution in [0.2, 0.25) is 0 Å². The third-order valence-electron chi connectivity index (χ3n) is 4.14. The molecule has 0 aliphatic carbocycles. The Morgan fingerprint density at radius 2 is 2.06 bits per heavy atom. The van der Waals surface area contributed by atoms with Crippen LogP contribution in [-0.2, 0) is 14.3 Å². The molecule has 2 fully saturated rings. The fourth-order valence-electron chi connectivity index (χ4n) is 3.35. The molecule has 5 heteroatoms. The number of hydrogen-bond donors (Lipinski definition) is 0. The number of amides is 2. The molecule has 3 aliphatic heterocycles.